The molecule has 2 aromatic carbocycles. The van der Waals surface area contributed by atoms with E-state index in [1.165, 1.54) is 20.8 Å². The molecule has 22 heavy (non-hydrogen) atoms. The molecule has 1 heterocycles. The van der Waals surface area contributed by atoms with Gasteiger partial charge in [-0.25, -0.2) is 0 Å². The third-order valence-corrected chi connectivity index (χ3v) is 4.79. The zero-order chi connectivity index (χ0) is 15.4. The normalized spacial score (nSPS) is 11.7. The lowest BCUT2D eigenvalue weighted by Gasteiger charge is -1.98. The molecule has 0 saturated carbocycles. The number of thiazole rings is 1. The van der Waals surface area contributed by atoms with Gasteiger partial charge in [-0.15, -0.1) is 0 Å². The van der Waals surface area contributed by atoms with E-state index in [0.29, 0.717) is 0 Å². The van der Waals surface area contributed by atoms with Crippen LogP contribution in [0, 0.1) is 0 Å². The van der Waals surface area contributed by atoms with Gasteiger partial charge in [0.2, 0.25) is 5.52 Å². The van der Waals surface area contributed by atoms with E-state index in [1.54, 1.807) is 0 Å². The fourth-order valence-corrected chi connectivity index (χ4v) is 3.40. The maximum atomic E-state index is 3.12. The lowest BCUT2D eigenvalue weighted by molar-refractivity contribution is -0.642. The highest BCUT2D eigenvalue weighted by atomic mass is 32.1. The number of para-hydroxylation sites is 1. The van der Waals surface area contributed by atoms with Crippen molar-refractivity contribution in [2.24, 2.45) is 7.05 Å². The lowest BCUT2D eigenvalue weighted by Crippen LogP contribution is -2.28. The standard InChI is InChI=1S/C19H18N2S/c1-20-16-13-11-15(12-14-16)7-3-6-10-19-21(2)17-8-4-5-9-18(17)22-19/h3-14H,1-2H3/p+1. The third kappa shape index (κ3) is 3.10. The Labute approximate surface area is 135 Å². The van der Waals surface area contributed by atoms with Gasteiger partial charge in [0.15, 0.2) is 0 Å². The molecule has 0 saturated heterocycles. The van der Waals surface area contributed by atoms with Crippen molar-refractivity contribution in [1.29, 1.82) is 0 Å². The van der Waals surface area contributed by atoms with Crippen LogP contribution < -0.4 is 9.88 Å². The Bertz CT molecular complexity index is 826. The molecule has 1 aromatic heterocycles. The fraction of sp³-hybridized carbons (Fsp3) is 0.105. The Morgan fingerprint density at radius 1 is 0.955 bits per heavy atom. The smallest absolute Gasteiger partial charge is 0.262 e. The maximum absolute atomic E-state index is 3.12. The van der Waals surface area contributed by atoms with Gasteiger partial charge in [0.25, 0.3) is 5.01 Å². The SMILES string of the molecule is CNc1ccc(C=CC=Cc2sc3ccccc3[n+]2C)cc1. The van der Waals surface area contributed by atoms with E-state index < -0.39 is 0 Å². The van der Waals surface area contributed by atoms with E-state index in [4.69, 9.17) is 0 Å². The molecule has 0 atom stereocenters. The number of aromatic nitrogens is 1. The zero-order valence-electron chi connectivity index (χ0n) is 12.8. The Morgan fingerprint density at radius 3 is 2.41 bits per heavy atom. The number of hydrogen-bond donors (Lipinski definition) is 1. The Hall–Kier alpha value is -2.39. The predicted octanol–water partition coefficient (Wildman–Crippen LogP) is 4.49. The Balaban J connectivity index is 1.75. The van der Waals surface area contributed by atoms with Gasteiger partial charge in [0.1, 0.15) is 11.7 Å². The van der Waals surface area contributed by atoms with Crippen LogP contribution in [0.2, 0.25) is 0 Å². The maximum Gasteiger partial charge on any atom is 0.262 e. The largest absolute Gasteiger partial charge is 0.388 e. The summed E-state index contributed by atoms with van der Waals surface area (Å²) in [6, 6.07) is 16.9. The zero-order valence-corrected chi connectivity index (χ0v) is 13.6. The number of nitrogens with one attached hydrogen (secondary N) is 1. The van der Waals surface area contributed by atoms with E-state index in [0.717, 1.165) is 5.69 Å². The van der Waals surface area contributed by atoms with Crippen LogP contribution in [0.3, 0.4) is 0 Å². The molecule has 3 aromatic rings. The summed E-state index contributed by atoms with van der Waals surface area (Å²) in [7, 11) is 4.04. The second kappa shape index (κ2) is 6.58. The first kappa shape index (κ1) is 14.5. The molecular weight excluding hydrogens is 288 g/mol. The van der Waals surface area contributed by atoms with Crippen LogP contribution in [0.5, 0.6) is 0 Å². The highest BCUT2D eigenvalue weighted by Gasteiger charge is 2.12. The van der Waals surface area contributed by atoms with E-state index in [-0.39, 0.29) is 0 Å². The van der Waals surface area contributed by atoms with Gasteiger partial charge in [-0.2, -0.15) is 4.57 Å². The van der Waals surface area contributed by atoms with Crippen molar-refractivity contribution in [2.45, 2.75) is 0 Å². The fourth-order valence-electron chi connectivity index (χ4n) is 2.33. The summed E-state index contributed by atoms with van der Waals surface area (Å²) >= 11 is 1.81. The number of hydrogen-bond acceptors (Lipinski definition) is 2. The van der Waals surface area contributed by atoms with Crippen LogP contribution in [-0.2, 0) is 7.05 Å². The van der Waals surface area contributed by atoms with Crippen LogP contribution in [-0.4, -0.2) is 7.05 Å². The number of benzene rings is 2. The molecule has 0 spiro atoms. The second-order valence-electron chi connectivity index (χ2n) is 5.06. The van der Waals surface area contributed by atoms with Gasteiger partial charge in [0.05, 0.1) is 0 Å². The van der Waals surface area contributed by atoms with Crippen molar-refractivity contribution in [2.75, 3.05) is 12.4 Å². The predicted molar refractivity (Wildman–Crippen MR) is 97.1 cm³/mol. The summed E-state index contributed by atoms with van der Waals surface area (Å²) < 4.78 is 3.54. The van der Waals surface area contributed by atoms with Crippen LogP contribution in [0.15, 0.2) is 60.7 Å². The number of fused-ring (bicyclic) bond motifs is 1. The minimum Gasteiger partial charge on any atom is -0.388 e. The van der Waals surface area contributed by atoms with Gasteiger partial charge in [-0.1, -0.05) is 53.8 Å². The quantitative estimate of drug-likeness (QED) is 0.554. The first-order chi connectivity index (χ1) is 10.8. The monoisotopic (exact) mass is 307 g/mol. The van der Waals surface area contributed by atoms with Crippen LogP contribution >= 0.6 is 11.3 Å². The molecule has 110 valence electrons. The van der Waals surface area contributed by atoms with E-state index in [9.17, 15) is 0 Å². The van der Waals surface area contributed by atoms with Gasteiger partial charge in [-0.3, -0.25) is 0 Å². The summed E-state index contributed by atoms with van der Waals surface area (Å²) in [5.74, 6) is 0. The summed E-state index contributed by atoms with van der Waals surface area (Å²) in [4.78, 5) is 0. The molecule has 0 fully saturated rings. The van der Waals surface area contributed by atoms with Crippen LogP contribution in [0.1, 0.15) is 10.6 Å². The molecule has 0 radical (unpaired) electrons. The third-order valence-electron chi connectivity index (χ3n) is 3.61. The van der Waals surface area contributed by atoms with Gasteiger partial charge in [0, 0.05) is 24.9 Å². The molecule has 0 unspecified atom stereocenters. The van der Waals surface area contributed by atoms with Crippen molar-refractivity contribution >= 4 is 39.4 Å². The molecule has 3 heteroatoms. The molecule has 0 amide bonds. The van der Waals surface area contributed by atoms with E-state index in [2.05, 4.69) is 89.8 Å². The average molecular weight is 307 g/mol. The molecule has 0 aliphatic rings. The summed E-state index contributed by atoms with van der Waals surface area (Å²) in [6.07, 6.45) is 8.45. The van der Waals surface area contributed by atoms with E-state index >= 15 is 0 Å². The molecule has 1 N–H and O–H groups in total. The Morgan fingerprint density at radius 2 is 1.68 bits per heavy atom. The lowest BCUT2D eigenvalue weighted by atomic mass is 10.2. The van der Waals surface area contributed by atoms with Gasteiger partial charge >= 0.3 is 0 Å². The molecule has 0 aliphatic heterocycles. The molecule has 3 rings (SSSR count). The van der Waals surface area contributed by atoms with Gasteiger partial charge in [-0.05, 0) is 23.8 Å². The first-order valence-corrected chi connectivity index (χ1v) is 8.10. The minimum absolute atomic E-state index is 1.13. The van der Waals surface area contributed by atoms with E-state index in [1.807, 2.05) is 18.4 Å². The van der Waals surface area contributed by atoms with Crippen LogP contribution in [0.4, 0.5) is 5.69 Å². The summed E-state index contributed by atoms with van der Waals surface area (Å²) in [5.41, 5.74) is 3.60. The number of nitrogens with zero attached hydrogens (tertiary/aromatic N) is 1. The first-order valence-electron chi connectivity index (χ1n) is 7.28. The molecule has 2 nitrogen and oxygen atoms in total. The molecule has 0 aliphatic carbocycles. The van der Waals surface area contributed by atoms with Gasteiger partial charge < -0.3 is 5.32 Å². The summed E-state index contributed by atoms with van der Waals surface area (Å²) in [6.45, 7) is 0. The second-order valence-corrected chi connectivity index (χ2v) is 6.12. The highest BCUT2D eigenvalue weighted by molar-refractivity contribution is 7.18. The summed E-state index contributed by atoms with van der Waals surface area (Å²) in [5, 5.41) is 4.37. The minimum atomic E-state index is 1.13. The van der Waals surface area contributed by atoms with Crippen molar-refractivity contribution < 1.29 is 4.57 Å². The van der Waals surface area contributed by atoms with Crippen molar-refractivity contribution in [3.63, 3.8) is 0 Å². The highest BCUT2D eigenvalue weighted by Crippen LogP contribution is 2.20. The number of aryl methyl sites for hydroxylation is 1. The molecule has 0 bridgehead atoms. The Kier molecular flexibility index (Phi) is 4.35. The van der Waals surface area contributed by atoms with Crippen molar-refractivity contribution in [3.05, 3.63) is 71.3 Å². The van der Waals surface area contributed by atoms with Crippen molar-refractivity contribution in [3.8, 4) is 0 Å². The van der Waals surface area contributed by atoms with Crippen molar-refractivity contribution in [1.82, 2.24) is 0 Å². The number of allylic oxidation sites excluding steroid dienone is 2. The molecular formula is C19H19N2S+. The average Bonchev–Trinajstić information content (AvgIpc) is 2.89. The number of anilines is 1. The number of rotatable bonds is 4. The van der Waals surface area contributed by atoms with Crippen LogP contribution in [0.25, 0.3) is 22.4 Å². The topological polar surface area (TPSA) is 15.9 Å².